The second-order valence-electron chi connectivity index (χ2n) is 6.50. The highest BCUT2D eigenvalue weighted by molar-refractivity contribution is 5.04. The first-order chi connectivity index (χ1) is 9.29. The van der Waals surface area contributed by atoms with Gasteiger partial charge >= 0.3 is 0 Å². The first-order valence-electron chi connectivity index (χ1n) is 8.00. The predicted octanol–water partition coefficient (Wildman–Crippen LogP) is 0.990. The van der Waals surface area contributed by atoms with Gasteiger partial charge in [-0.05, 0) is 44.6 Å². The lowest BCUT2D eigenvalue weighted by molar-refractivity contribution is -0.0693. The number of nitrogens with zero attached hydrogens (tertiary/aromatic N) is 1. The topological polar surface area (TPSA) is 44.7 Å². The minimum atomic E-state index is -0.0702. The molecule has 0 spiro atoms. The molecule has 110 valence electrons. The van der Waals surface area contributed by atoms with Crippen LogP contribution in [0.25, 0.3) is 0 Å². The van der Waals surface area contributed by atoms with Crippen LogP contribution in [0.15, 0.2) is 0 Å². The number of hydrogen-bond donors (Lipinski definition) is 2. The number of fused-ring (bicyclic) bond motifs is 1. The van der Waals surface area contributed by atoms with Crippen molar-refractivity contribution in [3.8, 4) is 0 Å². The first-order valence-corrected chi connectivity index (χ1v) is 8.00. The molecule has 0 bridgehead atoms. The summed E-state index contributed by atoms with van der Waals surface area (Å²) in [6, 6.07) is 0.595. The predicted molar refractivity (Wildman–Crippen MR) is 75.2 cm³/mol. The fraction of sp³-hybridized carbons (Fsp3) is 1.00. The minimum absolute atomic E-state index is 0.0702. The monoisotopic (exact) mass is 268 g/mol. The highest BCUT2D eigenvalue weighted by atomic mass is 16.5. The van der Waals surface area contributed by atoms with Gasteiger partial charge in [-0.3, -0.25) is 4.90 Å². The van der Waals surface area contributed by atoms with E-state index in [1.807, 2.05) is 0 Å². The van der Waals surface area contributed by atoms with E-state index >= 15 is 0 Å². The van der Waals surface area contributed by atoms with Crippen LogP contribution in [0.2, 0.25) is 0 Å². The van der Waals surface area contributed by atoms with Crippen LogP contribution >= 0.6 is 0 Å². The van der Waals surface area contributed by atoms with E-state index in [0.717, 1.165) is 26.2 Å². The van der Waals surface area contributed by atoms with Crippen LogP contribution in [-0.2, 0) is 4.74 Å². The molecule has 0 amide bonds. The summed E-state index contributed by atoms with van der Waals surface area (Å²) in [6.45, 7) is 6.23. The summed E-state index contributed by atoms with van der Waals surface area (Å²) >= 11 is 0. The van der Waals surface area contributed by atoms with Crippen molar-refractivity contribution in [2.75, 3.05) is 32.8 Å². The Morgan fingerprint density at radius 1 is 1.32 bits per heavy atom. The summed E-state index contributed by atoms with van der Waals surface area (Å²) in [5, 5.41) is 13.6. The van der Waals surface area contributed by atoms with Crippen LogP contribution in [0.4, 0.5) is 0 Å². The Bertz CT molecular complexity index is 309. The molecule has 19 heavy (non-hydrogen) atoms. The SMILES string of the molecule is CCNC(CO)(CN1CCOC2CCCC21)C1CC1. The highest BCUT2D eigenvalue weighted by Gasteiger charge is 2.47. The van der Waals surface area contributed by atoms with Crippen molar-refractivity contribution in [3.05, 3.63) is 0 Å². The van der Waals surface area contributed by atoms with E-state index in [-0.39, 0.29) is 12.1 Å². The van der Waals surface area contributed by atoms with Crippen LogP contribution in [0.5, 0.6) is 0 Å². The number of rotatable bonds is 6. The van der Waals surface area contributed by atoms with E-state index in [0.29, 0.717) is 18.1 Å². The zero-order chi connectivity index (χ0) is 13.3. The Morgan fingerprint density at radius 2 is 2.16 bits per heavy atom. The number of hydrogen-bond acceptors (Lipinski definition) is 4. The molecule has 1 heterocycles. The van der Waals surface area contributed by atoms with Gasteiger partial charge in [0.1, 0.15) is 0 Å². The lowest BCUT2D eigenvalue weighted by Crippen LogP contribution is -2.62. The minimum Gasteiger partial charge on any atom is -0.394 e. The van der Waals surface area contributed by atoms with Gasteiger partial charge in [0.25, 0.3) is 0 Å². The molecule has 3 fully saturated rings. The van der Waals surface area contributed by atoms with Crippen molar-refractivity contribution in [2.45, 2.75) is 56.7 Å². The first kappa shape index (κ1) is 13.8. The van der Waals surface area contributed by atoms with Gasteiger partial charge in [0.05, 0.1) is 24.9 Å². The van der Waals surface area contributed by atoms with Gasteiger partial charge in [0.2, 0.25) is 0 Å². The molecule has 3 rings (SSSR count). The van der Waals surface area contributed by atoms with Crippen LogP contribution in [0.3, 0.4) is 0 Å². The van der Waals surface area contributed by atoms with Gasteiger partial charge in [0.15, 0.2) is 0 Å². The number of morpholine rings is 1. The summed E-state index contributed by atoms with van der Waals surface area (Å²) in [5.74, 6) is 0.667. The molecule has 3 unspecified atom stereocenters. The molecule has 0 radical (unpaired) electrons. The Labute approximate surface area is 116 Å². The number of aliphatic hydroxyl groups is 1. The molecule has 2 N–H and O–H groups in total. The third-order valence-corrected chi connectivity index (χ3v) is 5.25. The van der Waals surface area contributed by atoms with Crippen LogP contribution in [-0.4, -0.2) is 60.5 Å². The Morgan fingerprint density at radius 3 is 2.84 bits per heavy atom. The standard InChI is InChI=1S/C15H28N2O2/c1-2-16-15(11-18,12-6-7-12)10-17-8-9-19-14-5-3-4-13(14)17/h12-14,16,18H,2-11H2,1H3. The van der Waals surface area contributed by atoms with Crippen molar-refractivity contribution in [3.63, 3.8) is 0 Å². The fourth-order valence-corrected chi connectivity index (χ4v) is 4.12. The normalized spacial score (nSPS) is 35.1. The van der Waals surface area contributed by atoms with Gasteiger partial charge in [-0.25, -0.2) is 0 Å². The number of aliphatic hydroxyl groups excluding tert-OH is 1. The Hall–Kier alpha value is -0.160. The van der Waals surface area contributed by atoms with Gasteiger partial charge in [-0.15, -0.1) is 0 Å². The maximum absolute atomic E-state index is 9.97. The van der Waals surface area contributed by atoms with Gasteiger partial charge < -0.3 is 15.2 Å². The molecule has 1 saturated heterocycles. The maximum Gasteiger partial charge on any atom is 0.0730 e. The van der Waals surface area contributed by atoms with Crippen LogP contribution < -0.4 is 5.32 Å². The summed E-state index contributed by atoms with van der Waals surface area (Å²) in [4.78, 5) is 2.60. The largest absolute Gasteiger partial charge is 0.394 e. The second-order valence-corrected chi connectivity index (χ2v) is 6.50. The van der Waals surface area contributed by atoms with E-state index in [1.165, 1.54) is 32.1 Å². The number of ether oxygens (including phenoxy) is 1. The molecule has 2 saturated carbocycles. The Balaban J connectivity index is 1.70. The molecule has 1 aliphatic heterocycles. The van der Waals surface area contributed by atoms with Gasteiger partial charge in [-0.1, -0.05) is 6.92 Å². The summed E-state index contributed by atoms with van der Waals surface area (Å²) in [6.07, 6.45) is 6.77. The number of nitrogens with one attached hydrogen (secondary N) is 1. The van der Waals surface area contributed by atoms with Gasteiger partial charge in [-0.2, -0.15) is 0 Å². The Kier molecular flexibility index (Phi) is 4.13. The summed E-state index contributed by atoms with van der Waals surface area (Å²) in [7, 11) is 0. The van der Waals surface area contributed by atoms with Crippen molar-refractivity contribution in [1.82, 2.24) is 10.2 Å². The van der Waals surface area contributed by atoms with E-state index in [4.69, 9.17) is 4.74 Å². The average Bonchev–Trinajstić information content (AvgIpc) is 3.17. The molecule has 4 heteroatoms. The molecule has 2 aliphatic carbocycles. The van der Waals surface area contributed by atoms with Crippen LogP contribution in [0, 0.1) is 5.92 Å². The van der Waals surface area contributed by atoms with Crippen molar-refractivity contribution < 1.29 is 9.84 Å². The summed E-state index contributed by atoms with van der Waals surface area (Å²) in [5.41, 5.74) is -0.0702. The fourth-order valence-electron chi connectivity index (χ4n) is 4.12. The molecule has 4 nitrogen and oxygen atoms in total. The average molecular weight is 268 g/mol. The zero-order valence-electron chi connectivity index (χ0n) is 12.1. The van der Waals surface area contributed by atoms with E-state index < -0.39 is 0 Å². The van der Waals surface area contributed by atoms with Crippen molar-refractivity contribution >= 4 is 0 Å². The quantitative estimate of drug-likeness (QED) is 0.754. The van der Waals surface area contributed by atoms with Crippen molar-refractivity contribution in [2.24, 2.45) is 5.92 Å². The van der Waals surface area contributed by atoms with E-state index in [1.54, 1.807) is 0 Å². The molecule has 0 aromatic carbocycles. The highest BCUT2D eigenvalue weighted by Crippen LogP contribution is 2.41. The molecule has 0 aromatic rings. The molecule has 0 aromatic heterocycles. The zero-order valence-corrected chi connectivity index (χ0v) is 12.1. The second kappa shape index (κ2) is 5.68. The summed E-state index contributed by atoms with van der Waals surface area (Å²) < 4.78 is 5.89. The van der Waals surface area contributed by atoms with Crippen molar-refractivity contribution in [1.29, 1.82) is 0 Å². The molecule has 3 atom stereocenters. The molecular formula is C15H28N2O2. The van der Waals surface area contributed by atoms with E-state index in [9.17, 15) is 5.11 Å². The lowest BCUT2D eigenvalue weighted by atomic mass is 9.91. The molecule has 3 aliphatic rings. The van der Waals surface area contributed by atoms with Crippen LogP contribution in [0.1, 0.15) is 39.0 Å². The smallest absolute Gasteiger partial charge is 0.0730 e. The number of likely N-dealkylation sites (N-methyl/N-ethyl adjacent to an activating group) is 1. The molecular weight excluding hydrogens is 240 g/mol. The third-order valence-electron chi connectivity index (χ3n) is 5.25. The van der Waals surface area contributed by atoms with E-state index in [2.05, 4.69) is 17.1 Å². The third kappa shape index (κ3) is 2.68. The lowest BCUT2D eigenvalue weighted by Gasteiger charge is -2.44. The maximum atomic E-state index is 9.97. The van der Waals surface area contributed by atoms with Gasteiger partial charge in [0, 0.05) is 19.1 Å².